The maximum absolute atomic E-state index is 14.1. The maximum atomic E-state index is 14.1. The fraction of sp³-hybridized carbons (Fsp3) is 0.263. The Hall–Kier alpha value is -4.74. The van der Waals surface area contributed by atoms with Gasteiger partial charge in [0.05, 0.1) is 30.2 Å². The van der Waals surface area contributed by atoms with Gasteiger partial charge in [-0.15, -0.1) is 0 Å². The summed E-state index contributed by atoms with van der Waals surface area (Å²) >= 11 is 0. The highest BCUT2D eigenvalue weighted by molar-refractivity contribution is 6.43. The van der Waals surface area contributed by atoms with Crippen LogP contribution in [0.5, 0.6) is 0 Å². The molecule has 4 aromatic rings. The van der Waals surface area contributed by atoms with Crippen LogP contribution in [0, 0.1) is 17.8 Å². The van der Waals surface area contributed by atoms with E-state index in [0.29, 0.717) is 35.6 Å². The Kier molecular flexibility index (Phi) is 9.14. The molecule has 4 atom stereocenters. The summed E-state index contributed by atoms with van der Waals surface area (Å²) in [4.78, 5) is 29.2. The summed E-state index contributed by atoms with van der Waals surface area (Å²) < 4.78 is 11.9. The number of hydrogen-bond donors (Lipinski definition) is 4. The van der Waals surface area contributed by atoms with Crippen LogP contribution in [0.25, 0.3) is 11.6 Å². The van der Waals surface area contributed by atoms with Crippen LogP contribution in [-0.2, 0) is 20.9 Å². The number of anilines is 3. The molecule has 3 aromatic carbocycles. The number of amides is 2. The summed E-state index contributed by atoms with van der Waals surface area (Å²) in [5, 5.41) is 34.3. The van der Waals surface area contributed by atoms with Crippen molar-refractivity contribution in [2.45, 2.75) is 38.3 Å². The average molecular weight is 645 g/mol. The first kappa shape index (κ1) is 31.8. The third kappa shape index (κ3) is 6.27. The molecule has 0 spiro atoms. The number of fused-ring (bicyclic) bond motifs is 3. The number of aliphatic hydroxyl groups is 2. The molecule has 1 aliphatic carbocycles. The van der Waals surface area contributed by atoms with Crippen LogP contribution in [0.2, 0.25) is 6.32 Å². The first-order valence-electron chi connectivity index (χ1n) is 16.3. The van der Waals surface area contributed by atoms with E-state index in [4.69, 9.17) is 9.07 Å². The second kappa shape index (κ2) is 13.8. The van der Waals surface area contributed by atoms with Crippen LogP contribution >= 0.6 is 0 Å². The molecule has 3 aliphatic rings. The smallest absolute Gasteiger partial charge is 0.455 e. The van der Waals surface area contributed by atoms with Crippen molar-refractivity contribution in [3.63, 3.8) is 0 Å². The van der Waals surface area contributed by atoms with Crippen molar-refractivity contribution in [1.82, 2.24) is 0 Å². The summed E-state index contributed by atoms with van der Waals surface area (Å²) in [6.07, 6.45) is 2.82. The highest BCUT2D eigenvalue weighted by atomic mass is 16.5. The number of nitrogens with one attached hydrogen (secondary N) is 1. The molecule has 2 aliphatic heterocycles. The summed E-state index contributed by atoms with van der Waals surface area (Å²) in [5.74, 6) is -1.23. The lowest BCUT2D eigenvalue weighted by atomic mass is 9.58. The van der Waals surface area contributed by atoms with Gasteiger partial charge in [0, 0.05) is 11.4 Å². The maximum Gasteiger partial charge on any atom is 0.455 e. The van der Waals surface area contributed by atoms with Gasteiger partial charge in [-0.25, -0.2) is 0 Å². The van der Waals surface area contributed by atoms with Gasteiger partial charge in [0.1, 0.15) is 18.1 Å². The number of carbonyl (C=O) groups is 2. The van der Waals surface area contributed by atoms with Gasteiger partial charge in [-0.1, -0.05) is 48.5 Å². The quantitative estimate of drug-likeness (QED) is 0.0964. The number of nitrogens with zero attached hydrogens (tertiary/aromatic N) is 1. The van der Waals surface area contributed by atoms with Crippen molar-refractivity contribution >= 4 is 47.6 Å². The van der Waals surface area contributed by atoms with Crippen LogP contribution in [0.15, 0.2) is 113 Å². The van der Waals surface area contributed by atoms with Gasteiger partial charge in [-0.3, -0.25) is 14.5 Å². The summed E-state index contributed by atoms with van der Waals surface area (Å²) in [7, 11) is -1.12. The lowest BCUT2D eigenvalue weighted by Crippen LogP contribution is -2.46. The van der Waals surface area contributed by atoms with Crippen LogP contribution in [0.3, 0.4) is 0 Å². The highest BCUT2D eigenvalue weighted by Gasteiger charge is 2.57. The van der Waals surface area contributed by atoms with E-state index in [9.17, 15) is 24.8 Å². The Morgan fingerprint density at radius 3 is 2.25 bits per heavy atom. The largest absolute Gasteiger partial charge is 0.459 e. The number of aliphatic hydroxyl groups excluding tert-OH is 2. The van der Waals surface area contributed by atoms with Crippen molar-refractivity contribution in [1.29, 1.82) is 0 Å². The number of benzene rings is 3. The molecule has 2 fully saturated rings. The topological polar surface area (TPSA) is 132 Å². The number of rotatable bonds is 10. The van der Waals surface area contributed by atoms with E-state index in [0.717, 1.165) is 28.1 Å². The molecule has 244 valence electrons. The van der Waals surface area contributed by atoms with E-state index < -0.39 is 31.0 Å². The first-order valence-corrected chi connectivity index (χ1v) is 16.3. The van der Waals surface area contributed by atoms with Crippen molar-refractivity contribution in [3.05, 3.63) is 125 Å². The van der Waals surface area contributed by atoms with Crippen molar-refractivity contribution < 1.29 is 33.9 Å². The van der Waals surface area contributed by atoms with Gasteiger partial charge in [0.2, 0.25) is 11.8 Å². The van der Waals surface area contributed by atoms with Crippen molar-refractivity contribution in [3.8, 4) is 0 Å². The molecule has 1 aromatic heterocycles. The molecule has 48 heavy (non-hydrogen) atoms. The molecule has 0 radical (unpaired) electrons. The van der Waals surface area contributed by atoms with E-state index in [-0.39, 0.29) is 37.8 Å². The molecule has 2 saturated heterocycles. The fourth-order valence-electron chi connectivity index (χ4n) is 7.51. The Morgan fingerprint density at radius 1 is 0.854 bits per heavy atom. The molecule has 10 heteroatoms. The zero-order valence-electron chi connectivity index (χ0n) is 26.4. The van der Waals surface area contributed by atoms with Crippen LogP contribution < -0.4 is 10.2 Å². The first-order chi connectivity index (χ1) is 23.4. The van der Waals surface area contributed by atoms with Gasteiger partial charge in [-0.05, 0) is 108 Å². The van der Waals surface area contributed by atoms with Crippen molar-refractivity contribution in [2.75, 3.05) is 16.8 Å². The molecule has 0 unspecified atom stereocenters. The Labute approximate surface area is 279 Å². The van der Waals surface area contributed by atoms with E-state index in [1.165, 1.54) is 4.90 Å². The standard InChI is InChI=1S/C38H37BN2O7/c42-22-26-20-32-36(38(45)41(37(32)44)29-14-12-28(13-15-29)40-27-9-5-2-6-10-27)33-21-39(46)48-34(35(26)33)18-11-25(24-7-3-1-4-8-24)19-30-16-17-31(23-43)47-30/h1-10,12-17,19,32-34,36,40,42-43,46H,11,18,20-23H2/b25-19-/t32-,33+,34-,36-/m1/s1. The second-order valence-corrected chi connectivity index (χ2v) is 12.6. The lowest BCUT2D eigenvalue weighted by molar-refractivity contribution is -0.122. The zero-order chi connectivity index (χ0) is 33.2. The van der Waals surface area contributed by atoms with E-state index in [2.05, 4.69) is 5.32 Å². The van der Waals surface area contributed by atoms with Gasteiger partial charge in [0.15, 0.2) is 0 Å². The lowest BCUT2D eigenvalue weighted by Gasteiger charge is -2.43. The molecular formula is C38H37BN2O7. The summed E-state index contributed by atoms with van der Waals surface area (Å²) in [6, 6.07) is 30.3. The van der Waals surface area contributed by atoms with E-state index in [1.807, 2.05) is 78.9 Å². The number of furan rings is 1. The SMILES string of the molecule is O=C1[C@@H]2[C@@H](CC(CO)=C3[C@@H](CC/C(=C/c4ccc(CO)o4)c4ccccc4)OB(O)C[C@@H]32)C(=O)N1c1ccc(Nc2ccccc2)cc1. The number of imide groups is 1. The zero-order valence-corrected chi connectivity index (χ0v) is 26.4. The molecule has 3 heterocycles. The minimum atomic E-state index is -1.12. The molecule has 2 amide bonds. The summed E-state index contributed by atoms with van der Waals surface area (Å²) in [6.45, 7) is -0.455. The van der Waals surface area contributed by atoms with Gasteiger partial charge in [-0.2, -0.15) is 0 Å². The Balaban J connectivity index is 1.14. The minimum absolute atomic E-state index is 0.168. The van der Waals surface area contributed by atoms with Crippen LogP contribution in [0.1, 0.15) is 36.3 Å². The van der Waals surface area contributed by atoms with Crippen LogP contribution in [0.4, 0.5) is 17.1 Å². The van der Waals surface area contributed by atoms with Crippen LogP contribution in [-0.4, -0.2) is 46.9 Å². The fourth-order valence-corrected chi connectivity index (χ4v) is 7.51. The van der Waals surface area contributed by atoms with Crippen molar-refractivity contribution in [2.24, 2.45) is 17.8 Å². The molecule has 0 bridgehead atoms. The van der Waals surface area contributed by atoms with Gasteiger partial charge >= 0.3 is 7.12 Å². The average Bonchev–Trinajstić information content (AvgIpc) is 3.68. The number of allylic oxidation sites excluding steroid dienone is 1. The minimum Gasteiger partial charge on any atom is -0.459 e. The normalized spacial score (nSPS) is 22.6. The predicted octanol–water partition coefficient (Wildman–Crippen LogP) is 5.83. The van der Waals surface area contributed by atoms with E-state index in [1.54, 1.807) is 24.3 Å². The Bertz CT molecular complexity index is 1840. The monoisotopic (exact) mass is 644 g/mol. The molecule has 9 nitrogen and oxygen atoms in total. The van der Waals surface area contributed by atoms with Gasteiger partial charge in [0.25, 0.3) is 0 Å². The third-order valence-electron chi connectivity index (χ3n) is 9.66. The Morgan fingerprint density at radius 2 is 1.56 bits per heavy atom. The number of hydrogen-bond acceptors (Lipinski definition) is 8. The number of carbonyl (C=O) groups excluding carboxylic acids is 2. The molecular weight excluding hydrogens is 607 g/mol. The number of para-hydroxylation sites is 1. The molecule has 7 rings (SSSR count). The molecule has 4 N–H and O–H groups in total. The highest BCUT2D eigenvalue weighted by Crippen LogP contribution is 2.51. The third-order valence-corrected chi connectivity index (χ3v) is 9.66. The van der Waals surface area contributed by atoms with E-state index >= 15 is 0 Å². The summed E-state index contributed by atoms with van der Waals surface area (Å²) in [5.41, 5.74) is 5.73. The predicted molar refractivity (Wildman–Crippen MR) is 184 cm³/mol. The molecule has 0 saturated carbocycles. The second-order valence-electron chi connectivity index (χ2n) is 12.6. The van der Waals surface area contributed by atoms with Gasteiger partial charge < -0.3 is 29.6 Å².